The van der Waals surface area contributed by atoms with Gasteiger partial charge in [-0.3, -0.25) is 9.78 Å². The first-order valence-electron chi connectivity index (χ1n) is 8.11. The minimum atomic E-state index is -0.347. The zero-order valence-electron chi connectivity index (χ0n) is 14.8. The van der Waals surface area contributed by atoms with Gasteiger partial charge in [0.2, 0.25) is 0 Å². The number of pyridine rings is 1. The van der Waals surface area contributed by atoms with Crippen molar-refractivity contribution in [2.75, 3.05) is 24.9 Å². The molecular weight excluding hydrogens is 366 g/mol. The fraction of sp³-hybridized carbons (Fsp3) is 0.100. The van der Waals surface area contributed by atoms with Crippen LogP contribution in [0.1, 0.15) is 10.5 Å². The molecule has 0 atom stereocenters. The van der Waals surface area contributed by atoms with Crippen molar-refractivity contribution in [3.63, 3.8) is 0 Å². The number of hydrogen-bond donors (Lipinski definition) is 2. The van der Waals surface area contributed by atoms with Gasteiger partial charge in [0.15, 0.2) is 0 Å². The first kappa shape index (κ1) is 18.5. The van der Waals surface area contributed by atoms with Crippen LogP contribution in [0.4, 0.5) is 17.1 Å². The Morgan fingerprint density at radius 3 is 2.48 bits per heavy atom. The molecule has 0 saturated heterocycles. The fourth-order valence-electron chi connectivity index (χ4n) is 2.48. The Labute approximate surface area is 162 Å². The number of aromatic nitrogens is 1. The van der Waals surface area contributed by atoms with Crippen molar-refractivity contribution >= 4 is 34.6 Å². The van der Waals surface area contributed by atoms with Crippen molar-refractivity contribution in [3.8, 4) is 11.5 Å². The Kier molecular flexibility index (Phi) is 5.78. The second-order valence-electron chi connectivity index (χ2n) is 5.56. The van der Waals surface area contributed by atoms with E-state index in [0.29, 0.717) is 27.9 Å². The smallest absolute Gasteiger partial charge is 0.274 e. The van der Waals surface area contributed by atoms with E-state index in [4.69, 9.17) is 21.1 Å². The molecule has 2 N–H and O–H groups in total. The number of para-hydroxylation sites is 2. The maximum Gasteiger partial charge on any atom is 0.274 e. The molecule has 0 radical (unpaired) electrons. The van der Waals surface area contributed by atoms with Gasteiger partial charge in [-0.1, -0.05) is 23.7 Å². The van der Waals surface area contributed by atoms with Crippen molar-refractivity contribution in [1.82, 2.24) is 4.98 Å². The molecule has 3 aromatic rings. The third-order valence-electron chi connectivity index (χ3n) is 3.79. The van der Waals surface area contributed by atoms with E-state index in [-0.39, 0.29) is 11.6 Å². The monoisotopic (exact) mass is 383 g/mol. The number of benzene rings is 2. The maximum atomic E-state index is 12.5. The predicted molar refractivity (Wildman–Crippen MR) is 106 cm³/mol. The van der Waals surface area contributed by atoms with E-state index in [2.05, 4.69) is 15.6 Å². The normalized spacial score (nSPS) is 10.2. The standard InChI is InChI=1S/C20H18ClN3O3/c1-26-18-8-7-13(11-15(18)21)24-20(25)17-12-14(9-10-22-17)23-16-5-3-4-6-19(16)27-2/h3-12H,1-2H3,(H,22,23)(H,24,25). The van der Waals surface area contributed by atoms with Gasteiger partial charge in [-0.2, -0.15) is 0 Å². The summed E-state index contributed by atoms with van der Waals surface area (Å²) in [4.78, 5) is 16.6. The number of anilines is 3. The lowest BCUT2D eigenvalue weighted by Gasteiger charge is -2.12. The third kappa shape index (κ3) is 4.48. The van der Waals surface area contributed by atoms with Crippen LogP contribution in [0, 0.1) is 0 Å². The summed E-state index contributed by atoms with van der Waals surface area (Å²) in [5.41, 5.74) is 2.32. The molecule has 0 fully saturated rings. The third-order valence-corrected chi connectivity index (χ3v) is 4.08. The van der Waals surface area contributed by atoms with Gasteiger partial charge >= 0.3 is 0 Å². The summed E-state index contributed by atoms with van der Waals surface area (Å²) in [6.07, 6.45) is 1.56. The van der Waals surface area contributed by atoms with E-state index in [1.165, 1.54) is 7.11 Å². The highest BCUT2D eigenvalue weighted by atomic mass is 35.5. The molecule has 6 nitrogen and oxygen atoms in total. The topological polar surface area (TPSA) is 72.5 Å². The second-order valence-corrected chi connectivity index (χ2v) is 5.97. The molecule has 0 aliphatic heterocycles. The van der Waals surface area contributed by atoms with Crippen molar-refractivity contribution in [2.45, 2.75) is 0 Å². The van der Waals surface area contributed by atoms with Crippen molar-refractivity contribution in [1.29, 1.82) is 0 Å². The first-order chi connectivity index (χ1) is 13.1. The lowest BCUT2D eigenvalue weighted by atomic mass is 10.2. The minimum Gasteiger partial charge on any atom is -0.495 e. The Bertz CT molecular complexity index is 963. The van der Waals surface area contributed by atoms with Crippen molar-refractivity contribution in [2.24, 2.45) is 0 Å². The Balaban J connectivity index is 1.76. The van der Waals surface area contributed by atoms with E-state index in [9.17, 15) is 4.79 Å². The molecule has 0 aliphatic rings. The van der Waals surface area contributed by atoms with E-state index < -0.39 is 0 Å². The van der Waals surface area contributed by atoms with Crippen molar-refractivity contribution < 1.29 is 14.3 Å². The first-order valence-corrected chi connectivity index (χ1v) is 8.49. The molecule has 1 heterocycles. The molecule has 1 aromatic heterocycles. The molecule has 138 valence electrons. The molecule has 2 aromatic carbocycles. The summed E-state index contributed by atoms with van der Waals surface area (Å²) in [5.74, 6) is 0.892. The van der Waals surface area contributed by atoms with E-state index in [1.807, 2.05) is 24.3 Å². The summed E-state index contributed by atoms with van der Waals surface area (Å²) >= 11 is 6.09. The molecule has 1 amide bonds. The van der Waals surface area contributed by atoms with Gasteiger partial charge < -0.3 is 20.1 Å². The van der Waals surface area contributed by atoms with Crippen LogP contribution in [-0.2, 0) is 0 Å². The van der Waals surface area contributed by atoms with Crippen LogP contribution in [0.5, 0.6) is 11.5 Å². The number of carbonyl (C=O) groups is 1. The van der Waals surface area contributed by atoms with Gasteiger partial charge in [-0.15, -0.1) is 0 Å². The summed E-state index contributed by atoms with van der Waals surface area (Å²) in [6, 6.07) is 16.0. The molecule has 0 spiro atoms. The lowest BCUT2D eigenvalue weighted by Crippen LogP contribution is -2.13. The van der Waals surface area contributed by atoms with E-state index in [0.717, 1.165) is 5.69 Å². The van der Waals surface area contributed by atoms with Crippen LogP contribution >= 0.6 is 11.6 Å². The number of carbonyl (C=O) groups excluding carboxylic acids is 1. The molecule has 0 aliphatic carbocycles. The average Bonchev–Trinajstić information content (AvgIpc) is 2.69. The number of rotatable bonds is 6. The largest absolute Gasteiger partial charge is 0.495 e. The predicted octanol–water partition coefficient (Wildman–Crippen LogP) is 4.75. The summed E-state index contributed by atoms with van der Waals surface area (Å²) in [7, 11) is 3.13. The van der Waals surface area contributed by atoms with Gasteiger partial charge in [0, 0.05) is 17.6 Å². The number of ether oxygens (including phenoxy) is 2. The van der Waals surface area contributed by atoms with Crippen LogP contribution in [0.3, 0.4) is 0 Å². The summed E-state index contributed by atoms with van der Waals surface area (Å²) in [6.45, 7) is 0. The van der Waals surface area contributed by atoms with Gasteiger partial charge in [-0.05, 0) is 42.5 Å². The zero-order chi connectivity index (χ0) is 19.2. The van der Waals surface area contributed by atoms with Crippen LogP contribution < -0.4 is 20.1 Å². The Morgan fingerprint density at radius 1 is 0.963 bits per heavy atom. The molecule has 27 heavy (non-hydrogen) atoms. The quantitative estimate of drug-likeness (QED) is 0.642. The highest BCUT2D eigenvalue weighted by molar-refractivity contribution is 6.32. The molecule has 0 unspecified atom stereocenters. The van der Waals surface area contributed by atoms with Gasteiger partial charge in [0.25, 0.3) is 5.91 Å². The Morgan fingerprint density at radius 2 is 1.74 bits per heavy atom. The van der Waals surface area contributed by atoms with Gasteiger partial charge in [-0.25, -0.2) is 0 Å². The highest BCUT2D eigenvalue weighted by Crippen LogP contribution is 2.28. The number of nitrogens with zero attached hydrogens (tertiary/aromatic N) is 1. The average molecular weight is 384 g/mol. The molecule has 7 heteroatoms. The summed E-state index contributed by atoms with van der Waals surface area (Å²) < 4.78 is 10.4. The Hall–Kier alpha value is -3.25. The fourth-order valence-corrected chi connectivity index (χ4v) is 2.73. The van der Waals surface area contributed by atoms with Crippen LogP contribution in [0.25, 0.3) is 0 Å². The summed E-state index contributed by atoms with van der Waals surface area (Å²) in [5, 5.41) is 6.41. The number of halogens is 1. The molecular formula is C20H18ClN3O3. The zero-order valence-corrected chi connectivity index (χ0v) is 15.6. The van der Waals surface area contributed by atoms with Gasteiger partial charge in [0.1, 0.15) is 17.2 Å². The van der Waals surface area contributed by atoms with Crippen LogP contribution in [0.15, 0.2) is 60.8 Å². The van der Waals surface area contributed by atoms with Gasteiger partial charge in [0.05, 0.1) is 24.9 Å². The molecule has 0 saturated carbocycles. The van der Waals surface area contributed by atoms with Crippen LogP contribution in [0.2, 0.25) is 5.02 Å². The number of amides is 1. The van der Waals surface area contributed by atoms with Crippen LogP contribution in [-0.4, -0.2) is 25.1 Å². The highest BCUT2D eigenvalue weighted by Gasteiger charge is 2.11. The number of methoxy groups -OCH3 is 2. The lowest BCUT2D eigenvalue weighted by molar-refractivity contribution is 0.102. The number of hydrogen-bond acceptors (Lipinski definition) is 5. The molecule has 0 bridgehead atoms. The minimum absolute atomic E-state index is 0.266. The van der Waals surface area contributed by atoms with Crippen molar-refractivity contribution in [3.05, 3.63) is 71.5 Å². The number of nitrogens with one attached hydrogen (secondary N) is 2. The SMILES string of the molecule is COc1ccc(NC(=O)c2cc(Nc3ccccc3OC)ccn2)cc1Cl. The molecule has 3 rings (SSSR count). The second kappa shape index (κ2) is 8.42. The van der Waals surface area contributed by atoms with E-state index >= 15 is 0 Å². The maximum absolute atomic E-state index is 12.5. The van der Waals surface area contributed by atoms with E-state index in [1.54, 1.807) is 43.6 Å².